The fourth-order valence-electron chi connectivity index (χ4n) is 4.27. The van der Waals surface area contributed by atoms with Crippen LogP contribution in [0.3, 0.4) is 0 Å². The van der Waals surface area contributed by atoms with Crippen molar-refractivity contribution in [3.8, 4) is 11.5 Å². The summed E-state index contributed by atoms with van der Waals surface area (Å²) in [7, 11) is 4.00. The van der Waals surface area contributed by atoms with E-state index in [1.54, 1.807) is 30.9 Å². The molecule has 0 aliphatic heterocycles. The van der Waals surface area contributed by atoms with Crippen LogP contribution in [0, 0.1) is 6.92 Å². The molecule has 0 unspecified atom stereocenters. The van der Waals surface area contributed by atoms with Gasteiger partial charge in [-0.25, -0.2) is 4.98 Å². The molecule has 0 aliphatic carbocycles. The summed E-state index contributed by atoms with van der Waals surface area (Å²) < 4.78 is 0. The van der Waals surface area contributed by atoms with Gasteiger partial charge in [-0.3, -0.25) is 15.1 Å². The van der Waals surface area contributed by atoms with Crippen LogP contribution in [-0.4, -0.2) is 55.7 Å². The molecule has 4 rings (SSSR count). The summed E-state index contributed by atoms with van der Waals surface area (Å²) in [4.78, 5) is 19.0. The van der Waals surface area contributed by atoms with Crippen molar-refractivity contribution in [3.05, 3.63) is 114 Å². The topological polar surface area (TPSA) is 98.4 Å². The molecule has 0 atom stereocenters. The van der Waals surface area contributed by atoms with Crippen molar-refractivity contribution in [3.63, 3.8) is 0 Å². The highest BCUT2D eigenvalue weighted by Gasteiger charge is 2.17. The first-order chi connectivity index (χ1) is 18.8. The van der Waals surface area contributed by atoms with Crippen LogP contribution in [0.5, 0.6) is 0 Å². The van der Waals surface area contributed by atoms with Crippen LogP contribution in [0.15, 0.2) is 80.6 Å². The Bertz CT molecular complexity index is 1650. The van der Waals surface area contributed by atoms with Crippen molar-refractivity contribution in [1.29, 1.82) is 0 Å². The maximum absolute atomic E-state index is 4.96. The number of anilines is 1. The smallest absolute Gasteiger partial charge is 0.159 e. The number of hydrogen-bond donors (Lipinski definition) is 3. The highest BCUT2D eigenvalue weighted by molar-refractivity contribution is 5.88. The zero-order valence-corrected chi connectivity index (χ0v) is 22.9. The summed E-state index contributed by atoms with van der Waals surface area (Å²) in [5.74, 6) is 0.656. The molecule has 0 aliphatic rings. The molecule has 3 N–H and O–H groups in total. The first-order valence-electron chi connectivity index (χ1n) is 12.6. The predicted octanol–water partition coefficient (Wildman–Crippen LogP) is 4.30. The standard InChI is InChI=1S/C31H34N8/c1-8-10-26(23-11-13-32-14-12-23)29-22(5)35-31(36-29)30-27(28(9-2)37-38-30)15-20(3)24-16-25(18-33-17-24)34-21(4)19-39(6)7/h8-18,34,37H,1,3-4,19H2,2,5-7H3,(H,35,36)/b26-10-,27-15+,28-9+. The van der Waals surface area contributed by atoms with Gasteiger partial charge in [0.05, 0.1) is 22.9 Å². The van der Waals surface area contributed by atoms with Gasteiger partial charge < -0.3 is 15.2 Å². The molecule has 8 heteroatoms. The predicted molar refractivity (Wildman–Crippen MR) is 161 cm³/mol. The largest absolute Gasteiger partial charge is 0.357 e. The van der Waals surface area contributed by atoms with E-state index in [1.807, 2.05) is 64.4 Å². The number of pyridine rings is 2. The summed E-state index contributed by atoms with van der Waals surface area (Å²) in [6, 6.07) is 5.92. The third-order valence-electron chi connectivity index (χ3n) is 6.02. The van der Waals surface area contributed by atoms with E-state index in [0.29, 0.717) is 11.5 Å². The van der Waals surface area contributed by atoms with Crippen molar-refractivity contribution < 1.29 is 0 Å². The zero-order valence-electron chi connectivity index (χ0n) is 22.9. The molecule has 0 aromatic carbocycles. The normalized spacial score (nSPS) is 12.7. The number of aromatic amines is 2. The van der Waals surface area contributed by atoms with Gasteiger partial charge in [0, 0.05) is 52.9 Å². The van der Waals surface area contributed by atoms with Crippen molar-refractivity contribution in [2.75, 3.05) is 26.0 Å². The Morgan fingerprint density at radius 1 is 1.10 bits per heavy atom. The number of rotatable bonds is 10. The summed E-state index contributed by atoms with van der Waals surface area (Å²) in [6.45, 7) is 17.0. The first kappa shape index (κ1) is 27.2. The molecule has 4 aromatic heterocycles. The van der Waals surface area contributed by atoms with E-state index in [1.165, 1.54) is 0 Å². The van der Waals surface area contributed by atoms with Gasteiger partial charge >= 0.3 is 0 Å². The molecule has 0 bridgehead atoms. The van der Waals surface area contributed by atoms with Gasteiger partial charge in [-0.2, -0.15) is 5.10 Å². The molecule has 4 heterocycles. The minimum absolute atomic E-state index is 0.656. The summed E-state index contributed by atoms with van der Waals surface area (Å²) in [5, 5.41) is 12.8. The van der Waals surface area contributed by atoms with Crippen LogP contribution in [0.4, 0.5) is 5.69 Å². The van der Waals surface area contributed by atoms with Gasteiger partial charge in [0.1, 0.15) is 5.69 Å². The molecule has 0 saturated heterocycles. The average Bonchev–Trinajstić information content (AvgIpc) is 3.50. The summed E-state index contributed by atoms with van der Waals surface area (Å²) in [6.07, 6.45) is 14.8. The van der Waals surface area contributed by atoms with Crippen molar-refractivity contribution in [2.24, 2.45) is 0 Å². The maximum Gasteiger partial charge on any atom is 0.159 e. The monoisotopic (exact) mass is 518 g/mol. The number of hydrogen-bond acceptors (Lipinski definition) is 6. The van der Waals surface area contributed by atoms with E-state index >= 15 is 0 Å². The Balaban J connectivity index is 1.73. The number of aryl methyl sites for hydroxylation is 1. The minimum atomic E-state index is 0.656. The highest BCUT2D eigenvalue weighted by Crippen LogP contribution is 2.26. The molecule has 0 saturated carbocycles. The molecule has 8 nitrogen and oxygen atoms in total. The number of allylic oxidation sites excluding steroid dienone is 3. The second-order valence-electron chi connectivity index (χ2n) is 9.40. The van der Waals surface area contributed by atoms with E-state index in [2.05, 4.69) is 55.1 Å². The molecule has 4 aromatic rings. The van der Waals surface area contributed by atoms with Gasteiger partial charge in [-0.05, 0) is 63.4 Å². The van der Waals surface area contributed by atoms with Gasteiger partial charge in [-0.15, -0.1) is 0 Å². The van der Waals surface area contributed by atoms with Crippen molar-refractivity contribution in [1.82, 2.24) is 35.0 Å². The summed E-state index contributed by atoms with van der Waals surface area (Å²) >= 11 is 0. The quantitative estimate of drug-likeness (QED) is 0.271. The number of aromatic nitrogens is 6. The van der Waals surface area contributed by atoms with Crippen molar-refractivity contribution >= 4 is 29.0 Å². The lowest BCUT2D eigenvalue weighted by atomic mass is 10.0. The molecular weight excluding hydrogens is 484 g/mol. The number of H-pyrrole nitrogens is 2. The van der Waals surface area contributed by atoms with Crippen molar-refractivity contribution in [2.45, 2.75) is 13.8 Å². The van der Waals surface area contributed by atoms with Gasteiger partial charge in [0.2, 0.25) is 0 Å². The Hall–Kier alpha value is -4.82. The fourth-order valence-corrected chi connectivity index (χ4v) is 4.27. The second kappa shape index (κ2) is 12.1. The molecular formula is C31H34N8. The Labute approximate surface area is 229 Å². The lowest BCUT2D eigenvalue weighted by molar-refractivity contribution is 0.447. The first-order valence-corrected chi connectivity index (χ1v) is 12.6. The number of imidazole rings is 1. The minimum Gasteiger partial charge on any atom is -0.357 e. The zero-order chi connectivity index (χ0) is 27.9. The molecule has 0 radical (unpaired) electrons. The van der Waals surface area contributed by atoms with E-state index in [-0.39, 0.29) is 0 Å². The number of nitrogens with zero attached hydrogens (tertiary/aromatic N) is 5. The summed E-state index contributed by atoms with van der Waals surface area (Å²) in [5.41, 5.74) is 7.82. The van der Waals surface area contributed by atoms with Gasteiger partial charge in [0.25, 0.3) is 0 Å². The number of nitrogens with one attached hydrogen (secondary N) is 3. The third kappa shape index (κ3) is 6.37. The third-order valence-corrected chi connectivity index (χ3v) is 6.02. The maximum atomic E-state index is 4.96. The van der Waals surface area contributed by atoms with Gasteiger partial charge in [-0.1, -0.05) is 38.0 Å². The van der Waals surface area contributed by atoms with Crippen LogP contribution in [0.1, 0.15) is 29.4 Å². The Kier molecular flexibility index (Phi) is 8.48. The van der Waals surface area contributed by atoms with Crippen LogP contribution >= 0.6 is 0 Å². The van der Waals surface area contributed by atoms with Crippen LogP contribution in [-0.2, 0) is 0 Å². The molecule has 0 spiro atoms. The lowest BCUT2D eigenvalue weighted by Gasteiger charge is -2.14. The SMILES string of the molecule is C=C/C=C(/c1ccncc1)c1nc(-c2n[nH]c(=C/C)/c2=C\C(=C)c2cncc(NC(=C)CN(C)C)c2)[nH]c1C. The lowest BCUT2D eigenvalue weighted by Crippen LogP contribution is -2.23. The van der Waals surface area contributed by atoms with E-state index in [4.69, 9.17) is 4.98 Å². The van der Waals surface area contributed by atoms with E-state index in [0.717, 1.165) is 62.2 Å². The fraction of sp³-hybridized carbons (Fsp3) is 0.161. The number of likely N-dealkylation sites (N-methyl/N-ethyl adjacent to an activating group) is 1. The Morgan fingerprint density at radius 3 is 2.56 bits per heavy atom. The van der Waals surface area contributed by atoms with Gasteiger partial charge in [0.15, 0.2) is 5.82 Å². The molecule has 0 amide bonds. The molecule has 0 fully saturated rings. The average molecular weight is 519 g/mol. The highest BCUT2D eigenvalue weighted by atomic mass is 15.1. The second-order valence-corrected chi connectivity index (χ2v) is 9.40. The van der Waals surface area contributed by atoms with E-state index in [9.17, 15) is 0 Å². The van der Waals surface area contributed by atoms with Crippen LogP contribution in [0.25, 0.3) is 34.8 Å². The van der Waals surface area contributed by atoms with E-state index < -0.39 is 0 Å². The van der Waals surface area contributed by atoms with Crippen LogP contribution < -0.4 is 15.9 Å². The van der Waals surface area contributed by atoms with Crippen LogP contribution in [0.2, 0.25) is 0 Å². The Morgan fingerprint density at radius 2 is 1.87 bits per heavy atom. The molecule has 198 valence electrons. The molecule has 39 heavy (non-hydrogen) atoms.